The number of aryl methyl sites for hydroxylation is 2. The van der Waals surface area contributed by atoms with Crippen molar-refractivity contribution in [3.8, 4) is 0 Å². The number of rotatable bonds is 7. The topological polar surface area (TPSA) is 87.7 Å². The summed E-state index contributed by atoms with van der Waals surface area (Å²) in [6.07, 6.45) is 1.57. The zero-order valence-corrected chi connectivity index (χ0v) is 15.6. The van der Waals surface area contributed by atoms with Crippen LogP contribution in [-0.4, -0.2) is 55.5 Å². The van der Waals surface area contributed by atoms with E-state index in [4.69, 9.17) is 0 Å². The number of piperazine rings is 1. The van der Waals surface area contributed by atoms with Gasteiger partial charge in [-0.05, 0) is 24.0 Å². The maximum Gasteiger partial charge on any atom is 0.307 e. The molecule has 1 atom stereocenters. The summed E-state index contributed by atoms with van der Waals surface area (Å²) >= 11 is 0. The van der Waals surface area contributed by atoms with Crippen molar-refractivity contribution in [1.82, 2.24) is 10.2 Å². The van der Waals surface area contributed by atoms with Gasteiger partial charge in [-0.2, -0.15) is 0 Å². The lowest BCUT2D eigenvalue weighted by atomic mass is 10.0. The van der Waals surface area contributed by atoms with Crippen LogP contribution in [0.15, 0.2) is 18.2 Å². The van der Waals surface area contributed by atoms with Gasteiger partial charge < -0.3 is 15.4 Å². The third-order valence-electron chi connectivity index (χ3n) is 4.64. The van der Waals surface area contributed by atoms with E-state index < -0.39 is 12.0 Å². The van der Waals surface area contributed by atoms with Gasteiger partial charge in [-0.25, -0.2) is 0 Å². The molecule has 1 fully saturated rings. The molecule has 2 amide bonds. The predicted octanol–water partition coefficient (Wildman–Crippen LogP) is 1.11. The molecule has 1 aromatic rings. The Bertz CT molecular complexity index is 652. The van der Waals surface area contributed by atoms with Crippen LogP contribution in [0.1, 0.15) is 31.4 Å². The van der Waals surface area contributed by atoms with Crippen molar-refractivity contribution in [2.75, 3.05) is 32.1 Å². The summed E-state index contributed by atoms with van der Waals surface area (Å²) in [5, 5.41) is 5.73. The number of ether oxygens (including phenoxy) is 1. The second-order valence-corrected chi connectivity index (χ2v) is 6.26. The van der Waals surface area contributed by atoms with Crippen LogP contribution < -0.4 is 10.6 Å². The number of hydrogen-bond acceptors (Lipinski definition) is 5. The van der Waals surface area contributed by atoms with E-state index in [9.17, 15) is 14.4 Å². The molecule has 1 saturated heterocycles. The molecule has 0 unspecified atom stereocenters. The van der Waals surface area contributed by atoms with Crippen LogP contribution >= 0.6 is 0 Å². The molecule has 0 spiro atoms. The molecule has 2 N–H and O–H groups in total. The first kappa shape index (κ1) is 19.9. The molecular weight excluding hydrogens is 334 g/mol. The lowest BCUT2D eigenvalue weighted by molar-refractivity contribution is -0.146. The van der Waals surface area contributed by atoms with Crippen molar-refractivity contribution >= 4 is 23.5 Å². The second-order valence-electron chi connectivity index (χ2n) is 6.26. The molecule has 0 bridgehead atoms. The Labute approximate surface area is 154 Å². The number of esters is 1. The summed E-state index contributed by atoms with van der Waals surface area (Å²) in [6, 6.07) is 5.31. The Morgan fingerprint density at radius 1 is 1.27 bits per heavy atom. The highest BCUT2D eigenvalue weighted by molar-refractivity contribution is 5.95. The van der Waals surface area contributed by atoms with Gasteiger partial charge in [0.15, 0.2) is 0 Å². The van der Waals surface area contributed by atoms with Crippen LogP contribution in [0.4, 0.5) is 5.69 Å². The Kier molecular flexibility index (Phi) is 7.15. The minimum Gasteiger partial charge on any atom is -0.469 e. The van der Waals surface area contributed by atoms with Gasteiger partial charge in [0.2, 0.25) is 11.8 Å². The minimum absolute atomic E-state index is 0.0519. The van der Waals surface area contributed by atoms with Crippen LogP contribution in [-0.2, 0) is 32.0 Å². The highest BCUT2D eigenvalue weighted by atomic mass is 16.5. The molecule has 142 valence electrons. The van der Waals surface area contributed by atoms with E-state index >= 15 is 0 Å². The number of nitrogens with zero attached hydrogens (tertiary/aromatic N) is 1. The van der Waals surface area contributed by atoms with Crippen LogP contribution in [0.5, 0.6) is 0 Å². The van der Waals surface area contributed by atoms with Crippen LogP contribution in [0.3, 0.4) is 0 Å². The summed E-state index contributed by atoms with van der Waals surface area (Å²) in [5.74, 6) is -0.912. The Balaban J connectivity index is 2.10. The first-order valence-electron chi connectivity index (χ1n) is 8.99. The van der Waals surface area contributed by atoms with Crippen molar-refractivity contribution in [2.24, 2.45) is 0 Å². The average molecular weight is 361 g/mol. The van der Waals surface area contributed by atoms with Gasteiger partial charge >= 0.3 is 5.97 Å². The quantitative estimate of drug-likeness (QED) is 0.711. The van der Waals surface area contributed by atoms with Gasteiger partial charge in [0, 0.05) is 18.8 Å². The number of amides is 2. The van der Waals surface area contributed by atoms with Crippen LogP contribution in [0, 0.1) is 0 Å². The molecule has 7 nitrogen and oxygen atoms in total. The fourth-order valence-electron chi connectivity index (χ4n) is 3.18. The van der Waals surface area contributed by atoms with Crippen molar-refractivity contribution in [1.29, 1.82) is 0 Å². The van der Waals surface area contributed by atoms with Crippen LogP contribution in [0.2, 0.25) is 0 Å². The summed E-state index contributed by atoms with van der Waals surface area (Å²) in [6.45, 7) is 5.11. The standard InChI is InChI=1S/C19H27N3O4/c1-4-13-7-6-8-14(5-2)18(13)21-16(23)12-22-10-9-20-19(25)15(22)11-17(24)26-3/h6-8,15H,4-5,9-12H2,1-3H3,(H,20,25)(H,21,23)/t15-/m1/s1. The maximum absolute atomic E-state index is 12.6. The summed E-state index contributed by atoms with van der Waals surface area (Å²) in [4.78, 5) is 38.0. The van der Waals surface area contributed by atoms with E-state index in [0.717, 1.165) is 29.7 Å². The van der Waals surface area contributed by atoms with E-state index in [2.05, 4.69) is 15.4 Å². The fraction of sp³-hybridized carbons (Fsp3) is 0.526. The maximum atomic E-state index is 12.6. The molecule has 26 heavy (non-hydrogen) atoms. The van der Waals surface area contributed by atoms with Crippen molar-refractivity contribution in [3.05, 3.63) is 29.3 Å². The van der Waals surface area contributed by atoms with E-state index in [1.807, 2.05) is 32.0 Å². The van der Waals surface area contributed by atoms with E-state index in [1.165, 1.54) is 7.11 Å². The van der Waals surface area contributed by atoms with Crippen molar-refractivity contribution in [3.63, 3.8) is 0 Å². The van der Waals surface area contributed by atoms with Gasteiger partial charge in [-0.15, -0.1) is 0 Å². The number of carbonyl (C=O) groups is 3. The van der Waals surface area contributed by atoms with E-state index in [-0.39, 0.29) is 24.8 Å². The first-order valence-corrected chi connectivity index (χ1v) is 8.99. The van der Waals surface area contributed by atoms with Crippen LogP contribution in [0.25, 0.3) is 0 Å². The molecule has 1 aliphatic heterocycles. The fourth-order valence-corrected chi connectivity index (χ4v) is 3.18. The minimum atomic E-state index is -0.686. The molecule has 0 radical (unpaired) electrons. The molecule has 0 aliphatic carbocycles. The van der Waals surface area contributed by atoms with Gasteiger partial charge in [0.1, 0.15) is 6.04 Å². The number of hydrogen-bond donors (Lipinski definition) is 2. The first-order chi connectivity index (χ1) is 12.5. The van der Waals surface area contributed by atoms with Gasteiger partial charge in [0.05, 0.1) is 20.1 Å². The zero-order valence-electron chi connectivity index (χ0n) is 15.6. The average Bonchev–Trinajstić information content (AvgIpc) is 2.64. The van der Waals surface area contributed by atoms with E-state index in [0.29, 0.717) is 13.1 Å². The van der Waals surface area contributed by atoms with E-state index in [1.54, 1.807) is 4.90 Å². The number of para-hydroxylation sites is 1. The molecule has 2 rings (SSSR count). The van der Waals surface area contributed by atoms with Crippen molar-refractivity contribution in [2.45, 2.75) is 39.2 Å². The Morgan fingerprint density at radius 3 is 2.50 bits per heavy atom. The molecule has 1 heterocycles. The number of carbonyl (C=O) groups excluding carboxylic acids is 3. The highest BCUT2D eigenvalue weighted by Crippen LogP contribution is 2.22. The normalized spacial score (nSPS) is 17.5. The predicted molar refractivity (Wildman–Crippen MR) is 98.8 cm³/mol. The van der Waals surface area contributed by atoms with Gasteiger partial charge in [-0.3, -0.25) is 19.3 Å². The van der Waals surface area contributed by atoms with Gasteiger partial charge in [0.25, 0.3) is 0 Å². The molecule has 0 aromatic heterocycles. The highest BCUT2D eigenvalue weighted by Gasteiger charge is 2.33. The molecule has 1 aliphatic rings. The number of anilines is 1. The number of methoxy groups -OCH3 is 1. The number of nitrogens with one attached hydrogen (secondary N) is 2. The molecule has 1 aromatic carbocycles. The molecular formula is C19H27N3O4. The Hall–Kier alpha value is -2.41. The second kappa shape index (κ2) is 9.33. The SMILES string of the molecule is CCc1cccc(CC)c1NC(=O)CN1CCNC(=O)[C@H]1CC(=O)OC. The van der Waals surface area contributed by atoms with Gasteiger partial charge in [-0.1, -0.05) is 32.0 Å². The Morgan fingerprint density at radius 2 is 1.92 bits per heavy atom. The lowest BCUT2D eigenvalue weighted by Crippen LogP contribution is -2.57. The molecule has 0 saturated carbocycles. The summed E-state index contributed by atoms with van der Waals surface area (Å²) in [7, 11) is 1.29. The monoisotopic (exact) mass is 361 g/mol. The van der Waals surface area contributed by atoms with Crippen molar-refractivity contribution < 1.29 is 19.1 Å². The third-order valence-corrected chi connectivity index (χ3v) is 4.64. The number of benzene rings is 1. The smallest absolute Gasteiger partial charge is 0.307 e. The zero-order chi connectivity index (χ0) is 19.1. The lowest BCUT2D eigenvalue weighted by Gasteiger charge is -2.33. The summed E-state index contributed by atoms with van der Waals surface area (Å²) < 4.78 is 4.66. The largest absolute Gasteiger partial charge is 0.469 e. The third kappa shape index (κ3) is 4.82. The summed E-state index contributed by atoms with van der Waals surface area (Å²) in [5.41, 5.74) is 3.02. The molecule has 7 heteroatoms.